The first-order valence-corrected chi connectivity index (χ1v) is 11.3. The van der Waals surface area contributed by atoms with E-state index >= 15 is 0 Å². The molecule has 2 N–H and O–H groups in total. The zero-order valence-corrected chi connectivity index (χ0v) is 20.8. The number of urea groups is 1. The van der Waals surface area contributed by atoms with E-state index in [2.05, 4.69) is 10.6 Å². The smallest absolute Gasteiger partial charge is 0.341 e. The van der Waals surface area contributed by atoms with Crippen LogP contribution in [-0.2, 0) is 14.3 Å². The molecule has 4 amide bonds. The van der Waals surface area contributed by atoms with Crippen molar-refractivity contribution in [3.05, 3.63) is 84.4 Å². The molecule has 3 aromatic carbocycles. The van der Waals surface area contributed by atoms with Gasteiger partial charge in [0.1, 0.15) is 17.9 Å². The van der Waals surface area contributed by atoms with E-state index in [1.165, 1.54) is 36.2 Å². The van der Waals surface area contributed by atoms with Crippen molar-refractivity contribution >= 4 is 40.9 Å². The zero-order chi connectivity index (χ0) is 26.8. The molecular formula is C27H28N4O6. The third-order valence-electron chi connectivity index (χ3n) is 5.44. The molecule has 192 valence electrons. The van der Waals surface area contributed by atoms with Crippen LogP contribution in [0.25, 0.3) is 0 Å². The van der Waals surface area contributed by atoms with Gasteiger partial charge in [-0.3, -0.25) is 9.59 Å². The van der Waals surface area contributed by atoms with Gasteiger partial charge in [-0.15, -0.1) is 0 Å². The number of methoxy groups -OCH3 is 2. The summed E-state index contributed by atoms with van der Waals surface area (Å²) in [4.78, 5) is 53.3. The quantitative estimate of drug-likeness (QED) is 0.432. The number of nitrogens with zero attached hydrogens (tertiary/aromatic N) is 2. The predicted molar refractivity (Wildman–Crippen MR) is 140 cm³/mol. The molecule has 0 aliphatic rings. The monoisotopic (exact) mass is 504 g/mol. The van der Waals surface area contributed by atoms with E-state index in [0.717, 1.165) is 0 Å². The van der Waals surface area contributed by atoms with Crippen LogP contribution in [0.2, 0.25) is 0 Å². The highest BCUT2D eigenvalue weighted by atomic mass is 16.5. The second kappa shape index (κ2) is 12.7. The molecule has 3 rings (SSSR count). The molecule has 0 aliphatic heterocycles. The number of anilines is 3. The summed E-state index contributed by atoms with van der Waals surface area (Å²) in [6.45, 7) is -0.596. The third kappa shape index (κ3) is 7.07. The van der Waals surface area contributed by atoms with Crippen molar-refractivity contribution in [3.8, 4) is 5.75 Å². The summed E-state index contributed by atoms with van der Waals surface area (Å²) >= 11 is 0. The second-order valence-corrected chi connectivity index (χ2v) is 7.82. The van der Waals surface area contributed by atoms with Gasteiger partial charge in [-0.1, -0.05) is 36.4 Å². The molecule has 0 saturated heterocycles. The maximum Gasteiger partial charge on any atom is 0.341 e. The Kier molecular flexibility index (Phi) is 9.20. The number of hydrogen-bond donors (Lipinski definition) is 2. The number of carbonyl (C=O) groups is 4. The summed E-state index contributed by atoms with van der Waals surface area (Å²) in [7, 11) is 4.28. The van der Waals surface area contributed by atoms with Gasteiger partial charge in [0.05, 0.1) is 20.8 Å². The van der Waals surface area contributed by atoms with E-state index in [1.54, 1.807) is 55.6 Å². The number of nitrogens with one attached hydrogen (secondary N) is 2. The first-order chi connectivity index (χ1) is 17.8. The van der Waals surface area contributed by atoms with Crippen LogP contribution in [0.5, 0.6) is 5.75 Å². The molecular weight excluding hydrogens is 476 g/mol. The Labute approximate surface area is 214 Å². The number of esters is 1. The van der Waals surface area contributed by atoms with Crippen LogP contribution >= 0.6 is 0 Å². The second-order valence-electron chi connectivity index (χ2n) is 7.82. The number of carbonyl (C=O) groups excluding carboxylic acids is 4. The fourth-order valence-corrected chi connectivity index (χ4v) is 3.45. The van der Waals surface area contributed by atoms with Crippen LogP contribution in [-0.4, -0.2) is 58.2 Å². The molecule has 0 spiro atoms. The molecule has 0 radical (unpaired) electrons. The Hall–Kier alpha value is -4.86. The van der Waals surface area contributed by atoms with Crippen molar-refractivity contribution in [1.82, 2.24) is 5.32 Å². The van der Waals surface area contributed by atoms with Crippen LogP contribution in [0.3, 0.4) is 0 Å². The normalized spacial score (nSPS) is 10.1. The molecule has 0 aromatic heterocycles. The van der Waals surface area contributed by atoms with E-state index in [9.17, 15) is 19.2 Å². The van der Waals surface area contributed by atoms with Gasteiger partial charge in [0, 0.05) is 24.1 Å². The molecule has 0 aliphatic carbocycles. The van der Waals surface area contributed by atoms with Crippen molar-refractivity contribution in [2.45, 2.75) is 0 Å². The average Bonchev–Trinajstić information content (AvgIpc) is 2.94. The van der Waals surface area contributed by atoms with Gasteiger partial charge in [-0.2, -0.15) is 0 Å². The summed E-state index contributed by atoms with van der Waals surface area (Å²) in [5, 5.41) is 5.06. The van der Waals surface area contributed by atoms with Gasteiger partial charge in [-0.05, 0) is 42.5 Å². The number of rotatable bonds is 9. The number of ether oxygens (including phenoxy) is 2. The lowest BCUT2D eigenvalue weighted by Gasteiger charge is -2.25. The Morgan fingerprint density at radius 2 is 1.43 bits per heavy atom. The van der Waals surface area contributed by atoms with Gasteiger partial charge in [-0.25, -0.2) is 9.59 Å². The highest BCUT2D eigenvalue weighted by Crippen LogP contribution is 2.23. The Balaban J connectivity index is 1.67. The van der Waals surface area contributed by atoms with Crippen molar-refractivity contribution in [2.75, 3.05) is 49.5 Å². The van der Waals surface area contributed by atoms with Gasteiger partial charge in [0.15, 0.2) is 0 Å². The summed E-state index contributed by atoms with van der Waals surface area (Å²) in [6.07, 6.45) is 0. The summed E-state index contributed by atoms with van der Waals surface area (Å²) in [5.41, 5.74) is 1.64. The largest absolute Gasteiger partial charge is 0.496 e. The third-order valence-corrected chi connectivity index (χ3v) is 5.44. The minimum Gasteiger partial charge on any atom is -0.496 e. The van der Waals surface area contributed by atoms with Crippen molar-refractivity contribution in [3.63, 3.8) is 0 Å². The van der Waals surface area contributed by atoms with Gasteiger partial charge in [0.2, 0.25) is 11.8 Å². The van der Waals surface area contributed by atoms with E-state index in [4.69, 9.17) is 9.47 Å². The topological polar surface area (TPSA) is 117 Å². The summed E-state index contributed by atoms with van der Waals surface area (Å²) < 4.78 is 9.88. The number of benzene rings is 3. The minimum absolute atomic E-state index is 0.134. The molecule has 0 fully saturated rings. The Bertz CT molecular complexity index is 1250. The van der Waals surface area contributed by atoms with Crippen LogP contribution in [0.4, 0.5) is 21.9 Å². The molecule has 3 aromatic rings. The SMILES string of the molecule is COC(=O)c1cc(NC(=O)NCC(=O)N(CC(=O)N(C)c2ccccc2)c2ccccc2)ccc1OC. The number of likely N-dealkylation sites (N-methyl/N-ethyl adjacent to an activating group) is 1. The van der Waals surface area contributed by atoms with Gasteiger partial charge >= 0.3 is 12.0 Å². The Morgan fingerprint density at radius 1 is 0.811 bits per heavy atom. The van der Waals surface area contributed by atoms with Gasteiger partial charge < -0.3 is 29.9 Å². The minimum atomic E-state index is -0.671. The maximum atomic E-state index is 13.1. The fourth-order valence-electron chi connectivity index (χ4n) is 3.45. The maximum absolute atomic E-state index is 13.1. The molecule has 0 unspecified atom stereocenters. The molecule has 0 atom stereocenters. The summed E-state index contributed by atoms with van der Waals surface area (Å²) in [5.74, 6) is -1.13. The van der Waals surface area contributed by atoms with Crippen LogP contribution in [0.1, 0.15) is 10.4 Å². The van der Waals surface area contributed by atoms with E-state index in [1.807, 2.05) is 18.2 Å². The first-order valence-electron chi connectivity index (χ1n) is 11.3. The van der Waals surface area contributed by atoms with Crippen LogP contribution < -0.4 is 25.2 Å². The highest BCUT2D eigenvalue weighted by molar-refractivity contribution is 6.05. The summed E-state index contributed by atoms with van der Waals surface area (Å²) in [6, 6.07) is 21.6. The van der Waals surface area contributed by atoms with E-state index in [-0.39, 0.29) is 30.3 Å². The number of amides is 4. The van der Waals surface area contributed by atoms with Crippen LogP contribution in [0.15, 0.2) is 78.9 Å². The molecule has 10 nitrogen and oxygen atoms in total. The first kappa shape index (κ1) is 26.7. The standard InChI is InChI=1S/C27H28N4O6/c1-30(20-10-6-4-7-11-20)25(33)18-31(21-12-8-5-9-13-21)24(32)17-28-27(35)29-19-14-15-23(36-2)22(16-19)26(34)37-3/h4-16H,17-18H2,1-3H3,(H2,28,29,35). The van der Waals surface area contributed by atoms with Crippen LogP contribution in [0, 0.1) is 0 Å². The molecule has 0 bridgehead atoms. The molecule has 0 saturated carbocycles. The number of para-hydroxylation sites is 2. The Morgan fingerprint density at radius 3 is 2.03 bits per heavy atom. The van der Waals surface area contributed by atoms with Crippen molar-refractivity contribution in [1.29, 1.82) is 0 Å². The lowest BCUT2D eigenvalue weighted by molar-refractivity contribution is -0.121. The fraction of sp³-hybridized carbons (Fsp3) is 0.185. The van der Waals surface area contributed by atoms with Crippen molar-refractivity contribution in [2.24, 2.45) is 0 Å². The zero-order valence-electron chi connectivity index (χ0n) is 20.8. The number of hydrogen-bond acceptors (Lipinski definition) is 6. The molecule has 0 heterocycles. The lowest BCUT2D eigenvalue weighted by Crippen LogP contribution is -2.46. The van der Waals surface area contributed by atoms with Crippen molar-refractivity contribution < 1.29 is 28.7 Å². The molecule has 10 heteroatoms. The predicted octanol–water partition coefficient (Wildman–Crippen LogP) is 3.30. The van der Waals surface area contributed by atoms with Gasteiger partial charge in [0.25, 0.3) is 0 Å². The average molecular weight is 505 g/mol. The van der Waals surface area contributed by atoms with E-state index < -0.39 is 17.9 Å². The van der Waals surface area contributed by atoms with E-state index in [0.29, 0.717) is 17.1 Å². The molecule has 37 heavy (non-hydrogen) atoms. The lowest BCUT2D eigenvalue weighted by atomic mass is 10.2. The highest BCUT2D eigenvalue weighted by Gasteiger charge is 2.22.